The molecule has 0 aliphatic carbocycles. The normalized spacial score (nSPS) is 18.4. The molecular weight excluding hydrogens is 264 g/mol. The zero-order chi connectivity index (χ0) is 14.2. The molecule has 2 N–H and O–H groups in total. The Hall–Kier alpha value is -1.51. The van der Waals surface area contributed by atoms with Crippen molar-refractivity contribution in [1.29, 1.82) is 0 Å². The second kappa shape index (κ2) is 7.93. The van der Waals surface area contributed by atoms with E-state index in [4.69, 9.17) is 14.0 Å². The van der Waals surface area contributed by atoms with Gasteiger partial charge in [-0.2, -0.15) is 4.98 Å². The van der Waals surface area contributed by atoms with Crippen molar-refractivity contribution >= 4 is 5.91 Å². The molecule has 1 aliphatic rings. The van der Waals surface area contributed by atoms with Crippen LogP contribution in [0.15, 0.2) is 4.52 Å². The third kappa shape index (κ3) is 4.26. The molecule has 0 bridgehead atoms. The minimum absolute atomic E-state index is 0.0607. The molecule has 0 spiro atoms. The second-order valence-corrected chi connectivity index (χ2v) is 4.47. The van der Waals surface area contributed by atoms with E-state index in [2.05, 4.69) is 20.8 Å². The Balaban J connectivity index is 1.69. The van der Waals surface area contributed by atoms with Crippen LogP contribution in [0.4, 0.5) is 0 Å². The van der Waals surface area contributed by atoms with Crippen molar-refractivity contribution in [2.45, 2.75) is 18.9 Å². The van der Waals surface area contributed by atoms with Crippen LogP contribution in [-0.4, -0.2) is 56.1 Å². The van der Waals surface area contributed by atoms with Crippen molar-refractivity contribution in [2.24, 2.45) is 0 Å². The lowest BCUT2D eigenvalue weighted by Crippen LogP contribution is -2.28. The zero-order valence-corrected chi connectivity index (χ0v) is 11.6. The van der Waals surface area contributed by atoms with Crippen LogP contribution in [0.5, 0.6) is 0 Å². The Morgan fingerprint density at radius 3 is 3.15 bits per heavy atom. The molecule has 1 fully saturated rings. The average Bonchev–Trinajstić information content (AvgIpc) is 3.12. The predicted octanol–water partition coefficient (Wildman–Crippen LogP) is -0.113. The quantitative estimate of drug-likeness (QED) is 0.642. The largest absolute Gasteiger partial charge is 0.382 e. The van der Waals surface area contributed by atoms with Crippen LogP contribution in [0.3, 0.4) is 0 Å². The summed E-state index contributed by atoms with van der Waals surface area (Å²) in [6.45, 7) is 2.80. The van der Waals surface area contributed by atoms with E-state index in [1.807, 2.05) is 0 Å². The van der Waals surface area contributed by atoms with Crippen LogP contribution in [0.1, 0.15) is 35.4 Å². The maximum atomic E-state index is 11.8. The van der Waals surface area contributed by atoms with Crippen molar-refractivity contribution in [3.8, 4) is 0 Å². The van der Waals surface area contributed by atoms with Crippen LogP contribution in [0.25, 0.3) is 0 Å². The Kier molecular flexibility index (Phi) is 5.90. The lowest BCUT2D eigenvalue weighted by atomic mass is 10.2. The number of hydrogen-bond donors (Lipinski definition) is 2. The van der Waals surface area contributed by atoms with Gasteiger partial charge >= 0.3 is 0 Å². The number of aromatic nitrogens is 2. The average molecular weight is 284 g/mol. The van der Waals surface area contributed by atoms with Crippen LogP contribution in [0, 0.1) is 0 Å². The monoisotopic (exact) mass is 284 g/mol. The number of hydrogen-bond acceptors (Lipinski definition) is 7. The van der Waals surface area contributed by atoms with Gasteiger partial charge in [0, 0.05) is 13.7 Å². The zero-order valence-electron chi connectivity index (χ0n) is 11.6. The van der Waals surface area contributed by atoms with Gasteiger partial charge in [0.15, 0.2) is 0 Å². The number of ether oxygens (including phenoxy) is 2. The Morgan fingerprint density at radius 1 is 1.50 bits per heavy atom. The number of methoxy groups -OCH3 is 1. The van der Waals surface area contributed by atoms with Crippen molar-refractivity contribution in [1.82, 2.24) is 20.8 Å². The summed E-state index contributed by atoms with van der Waals surface area (Å²) in [5.41, 5.74) is 0. The molecule has 0 saturated carbocycles. The Labute approximate surface area is 117 Å². The molecular formula is C12H20N4O4. The first-order valence-electron chi connectivity index (χ1n) is 6.73. The minimum Gasteiger partial charge on any atom is -0.382 e. The highest BCUT2D eigenvalue weighted by atomic mass is 16.5. The number of rotatable bonds is 8. The summed E-state index contributed by atoms with van der Waals surface area (Å²) in [5.74, 6) is 0.183. The molecule has 2 heterocycles. The maximum Gasteiger partial charge on any atom is 0.292 e. The summed E-state index contributed by atoms with van der Waals surface area (Å²) in [4.78, 5) is 15.9. The van der Waals surface area contributed by atoms with E-state index < -0.39 is 0 Å². The molecule has 1 aliphatic heterocycles. The van der Waals surface area contributed by atoms with Crippen molar-refractivity contribution < 1.29 is 18.8 Å². The number of nitrogens with zero attached hydrogens (tertiary/aromatic N) is 2. The van der Waals surface area contributed by atoms with E-state index in [-0.39, 0.29) is 17.8 Å². The van der Waals surface area contributed by atoms with Crippen LogP contribution in [-0.2, 0) is 9.47 Å². The molecule has 1 amide bonds. The van der Waals surface area contributed by atoms with E-state index in [0.29, 0.717) is 32.3 Å². The van der Waals surface area contributed by atoms with E-state index >= 15 is 0 Å². The van der Waals surface area contributed by atoms with Crippen molar-refractivity contribution in [2.75, 3.05) is 40.0 Å². The van der Waals surface area contributed by atoms with E-state index in [1.54, 1.807) is 7.11 Å². The summed E-state index contributed by atoms with van der Waals surface area (Å²) in [7, 11) is 1.61. The summed E-state index contributed by atoms with van der Waals surface area (Å²) < 4.78 is 15.2. The first-order valence-corrected chi connectivity index (χ1v) is 6.73. The van der Waals surface area contributed by atoms with Gasteiger partial charge in [0.25, 0.3) is 11.7 Å². The number of nitrogens with one attached hydrogen (secondary N) is 2. The van der Waals surface area contributed by atoms with Gasteiger partial charge in [-0.15, -0.1) is 0 Å². The second-order valence-electron chi connectivity index (χ2n) is 4.47. The maximum absolute atomic E-state index is 11.8. The summed E-state index contributed by atoms with van der Waals surface area (Å²) in [5, 5.41) is 9.60. The predicted molar refractivity (Wildman–Crippen MR) is 69.3 cm³/mol. The lowest BCUT2D eigenvalue weighted by Gasteiger charge is -2.04. The molecule has 1 atom stereocenters. The SMILES string of the molecule is COCCOCCNC(=O)c1noc(C2CCCN2)n1. The molecule has 20 heavy (non-hydrogen) atoms. The molecule has 0 aromatic carbocycles. The molecule has 1 unspecified atom stereocenters. The third-order valence-electron chi connectivity index (χ3n) is 2.97. The highest BCUT2D eigenvalue weighted by molar-refractivity contribution is 5.90. The highest BCUT2D eigenvalue weighted by Crippen LogP contribution is 2.20. The number of carbonyl (C=O) groups excluding carboxylic acids is 1. The minimum atomic E-state index is -0.353. The molecule has 1 saturated heterocycles. The first kappa shape index (κ1) is 14.9. The Morgan fingerprint density at radius 2 is 2.40 bits per heavy atom. The van der Waals surface area contributed by atoms with Gasteiger partial charge < -0.3 is 24.6 Å². The van der Waals surface area contributed by atoms with Crippen LogP contribution in [0.2, 0.25) is 0 Å². The fourth-order valence-corrected chi connectivity index (χ4v) is 1.92. The van der Waals surface area contributed by atoms with Gasteiger partial charge in [0.2, 0.25) is 5.89 Å². The molecule has 1 aromatic heterocycles. The van der Waals surface area contributed by atoms with Gasteiger partial charge in [-0.25, -0.2) is 0 Å². The van der Waals surface area contributed by atoms with Gasteiger partial charge in [0.1, 0.15) is 0 Å². The highest BCUT2D eigenvalue weighted by Gasteiger charge is 2.24. The van der Waals surface area contributed by atoms with Gasteiger partial charge in [0.05, 0.1) is 25.9 Å². The molecule has 0 radical (unpaired) electrons. The number of amides is 1. The lowest BCUT2D eigenvalue weighted by molar-refractivity contribution is 0.0690. The standard InChI is InChI=1S/C12H20N4O4/c1-18-7-8-19-6-5-14-11(17)10-15-12(20-16-10)9-3-2-4-13-9/h9,13H,2-8H2,1H3,(H,14,17). The molecule has 8 nitrogen and oxygen atoms in total. The van der Waals surface area contributed by atoms with Gasteiger partial charge in [-0.1, -0.05) is 5.16 Å². The molecule has 1 aromatic rings. The summed E-state index contributed by atoms with van der Waals surface area (Å²) >= 11 is 0. The van der Waals surface area contributed by atoms with Crippen LogP contribution >= 0.6 is 0 Å². The van der Waals surface area contributed by atoms with Gasteiger partial charge in [-0.05, 0) is 19.4 Å². The fraction of sp³-hybridized carbons (Fsp3) is 0.750. The topological polar surface area (TPSA) is 98.5 Å². The summed E-state index contributed by atoms with van der Waals surface area (Å²) in [6.07, 6.45) is 2.03. The van der Waals surface area contributed by atoms with Crippen molar-refractivity contribution in [3.05, 3.63) is 11.7 Å². The third-order valence-corrected chi connectivity index (χ3v) is 2.97. The van der Waals surface area contributed by atoms with Gasteiger partial charge in [-0.3, -0.25) is 4.79 Å². The van der Waals surface area contributed by atoms with Crippen LogP contribution < -0.4 is 10.6 Å². The van der Waals surface area contributed by atoms with E-state index in [9.17, 15) is 4.79 Å². The molecule has 112 valence electrons. The molecule has 8 heteroatoms. The fourth-order valence-electron chi connectivity index (χ4n) is 1.92. The first-order chi connectivity index (χ1) is 9.81. The smallest absolute Gasteiger partial charge is 0.292 e. The van der Waals surface area contributed by atoms with E-state index in [1.165, 1.54) is 0 Å². The number of carbonyl (C=O) groups is 1. The van der Waals surface area contributed by atoms with Crippen molar-refractivity contribution in [3.63, 3.8) is 0 Å². The molecule has 2 rings (SSSR count). The van der Waals surface area contributed by atoms with E-state index in [0.717, 1.165) is 19.4 Å². The summed E-state index contributed by atoms with van der Waals surface area (Å²) in [6, 6.07) is 0.0708. The Bertz CT molecular complexity index is 417.